The fourth-order valence-corrected chi connectivity index (χ4v) is 2.34. The molecule has 1 saturated carbocycles. The summed E-state index contributed by atoms with van der Waals surface area (Å²) >= 11 is 1.78. The van der Waals surface area contributed by atoms with Crippen molar-refractivity contribution in [3.63, 3.8) is 0 Å². The molecule has 1 rings (SSSR count). The molecule has 1 aliphatic carbocycles. The van der Waals surface area contributed by atoms with Gasteiger partial charge in [-0.25, -0.2) is 0 Å². The Kier molecular flexibility index (Phi) is 3.20. The second-order valence-corrected chi connectivity index (χ2v) is 4.40. The third-order valence-corrected chi connectivity index (χ3v) is 3.42. The van der Waals surface area contributed by atoms with Crippen LogP contribution in [0.3, 0.4) is 0 Å². The highest BCUT2D eigenvalue weighted by Crippen LogP contribution is 2.50. The molecule has 0 unspecified atom stereocenters. The minimum Gasteiger partial charge on any atom is -0.481 e. The molecule has 1 aliphatic rings. The first-order valence-electron chi connectivity index (χ1n) is 4.09. The molecule has 68 valence electrons. The van der Waals surface area contributed by atoms with Gasteiger partial charge >= 0.3 is 5.97 Å². The molecule has 0 heterocycles. The fraction of sp³-hybridized carbons (Fsp3) is 0.667. The number of carboxylic acid groups (broad SMARTS) is 1. The minimum absolute atomic E-state index is 0.138. The van der Waals surface area contributed by atoms with Crippen LogP contribution in [0.15, 0.2) is 12.7 Å². The van der Waals surface area contributed by atoms with E-state index in [0.29, 0.717) is 6.42 Å². The second kappa shape index (κ2) is 3.99. The van der Waals surface area contributed by atoms with Gasteiger partial charge in [0.1, 0.15) is 0 Å². The molecule has 12 heavy (non-hydrogen) atoms. The van der Waals surface area contributed by atoms with Crippen molar-refractivity contribution in [3.05, 3.63) is 12.7 Å². The predicted octanol–water partition coefficient (Wildman–Crippen LogP) is 2.16. The summed E-state index contributed by atoms with van der Waals surface area (Å²) in [5.74, 6) is 1.25. The Labute approximate surface area is 77.0 Å². The monoisotopic (exact) mass is 186 g/mol. The number of carbonyl (C=O) groups is 1. The van der Waals surface area contributed by atoms with Gasteiger partial charge in [-0.1, -0.05) is 6.08 Å². The summed E-state index contributed by atoms with van der Waals surface area (Å²) in [6, 6.07) is 0. The molecule has 2 nitrogen and oxygen atoms in total. The number of carboxylic acids is 1. The maximum absolute atomic E-state index is 10.5. The van der Waals surface area contributed by atoms with Crippen molar-refractivity contribution in [2.45, 2.75) is 19.3 Å². The Balaban J connectivity index is 2.20. The van der Waals surface area contributed by atoms with Crippen molar-refractivity contribution in [2.75, 3.05) is 11.5 Å². The standard InChI is InChI=1S/C9H14O2S/c1-2-5-12-7-9(3-4-9)6-8(10)11/h2H,1,3-7H2,(H,10,11). The number of hydrogen-bond acceptors (Lipinski definition) is 2. The molecule has 0 aliphatic heterocycles. The smallest absolute Gasteiger partial charge is 0.303 e. The molecule has 0 saturated heterocycles. The average Bonchev–Trinajstić information content (AvgIpc) is 2.69. The normalized spacial score (nSPS) is 18.7. The van der Waals surface area contributed by atoms with Gasteiger partial charge in [0, 0.05) is 5.75 Å². The second-order valence-electron chi connectivity index (χ2n) is 3.37. The zero-order chi connectivity index (χ0) is 9.03. The topological polar surface area (TPSA) is 37.3 Å². The zero-order valence-electron chi connectivity index (χ0n) is 7.08. The molecular formula is C9H14O2S. The molecule has 0 aromatic carbocycles. The van der Waals surface area contributed by atoms with Gasteiger partial charge in [-0.2, -0.15) is 11.8 Å². The highest BCUT2D eigenvalue weighted by molar-refractivity contribution is 7.99. The highest BCUT2D eigenvalue weighted by Gasteiger charge is 2.43. The van der Waals surface area contributed by atoms with Crippen LogP contribution in [0.2, 0.25) is 0 Å². The molecule has 0 amide bonds. The van der Waals surface area contributed by atoms with Crippen LogP contribution < -0.4 is 0 Å². The van der Waals surface area contributed by atoms with Gasteiger partial charge in [0.05, 0.1) is 6.42 Å². The average molecular weight is 186 g/mol. The quantitative estimate of drug-likeness (QED) is 0.510. The number of hydrogen-bond donors (Lipinski definition) is 1. The largest absolute Gasteiger partial charge is 0.481 e. The first kappa shape index (κ1) is 9.65. The molecule has 0 radical (unpaired) electrons. The molecule has 0 aromatic heterocycles. The summed E-state index contributed by atoms with van der Waals surface area (Å²) in [5.41, 5.74) is 0.138. The molecule has 0 aromatic rings. The van der Waals surface area contributed by atoms with Crippen LogP contribution in [0.25, 0.3) is 0 Å². The summed E-state index contributed by atoms with van der Waals surface area (Å²) in [5, 5.41) is 8.62. The van der Waals surface area contributed by atoms with Gasteiger partial charge in [0.25, 0.3) is 0 Å². The lowest BCUT2D eigenvalue weighted by Gasteiger charge is -2.09. The summed E-state index contributed by atoms with van der Waals surface area (Å²) in [6.45, 7) is 3.62. The van der Waals surface area contributed by atoms with Crippen molar-refractivity contribution >= 4 is 17.7 Å². The number of aliphatic carboxylic acids is 1. The Bertz CT molecular complexity index is 185. The van der Waals surface area contributed by atoms with E-state index in [1.807, 2.05) is 6.08 Å². The molecule has 3 heteroatoms. The first-order chi connectivity index (χ1) is 5.68. The van der Waals surface area contributed by atoms with Crippen LogP contribution in [0.4, 0.5) is 0 Å². The Morgan fingerprint density at radius 3 is 2.75 bits per heavy atom. The molecule has 0 atom stereocenters. The molecule has 0 bridgehead atoms. The van der Waals surface area contributed by atoms with Crippen molar-refractivity contribution in [1.82, 2.24) is 0 Å². The maximum Gasteiger partial charge on any atom is 0.303 e. The van der Waals surface area contributed by atoms with Gasteiger partial charge in [-0.05, 0) is 24.0 Å². The van der Waals surface area contributed by atoms with Crippen molar-refractivity contribution in [3.8, 4) is 0 Å². The molecule has 0 spiro atoms. The van der Waals surface area contributed by atoms with E-state index < -0.39 is 5.97 Å². The number of rotatable bonds is 6. The van der Waals surface area contributed by atoms with Crippen molar-refractivity contribution in [2.24, 2.45) is 5.41 Å². The van der Waals surface area contributed by atoms with E-state index in [1.165, 1.54) is 0 Å². The van der Waals surface area contributed by atoms with Gasteiger partial charge in [0.2, 0.25) is 0 Å². The number of thioether (sulfide) groups is 1. The van der Waals surface area contributed by atoms with Gasteiger partial charge in [0.15, 0.2) is 0 Å². The summed E-state index contributed by atoms with van der Waals surface area (Å²) in [6.07, 6.45) is 4.38. The molecular weight excluding hydrogens is 172 g/mol. The van der Waals surface area contributed by atoms with Gasteiger partial charge in [-0.15, -0.1) is 6.58 Å². The van der Waals surface area contributed by atoms with Gasteiger partial charge in [-0.3, -0.25) is 4.79 Å². The first-order valence-corrected chi connectivity index (χ1v) is 5.24. The summed E-state index contributed by atoms with van der Waals surface area (Å²) < 4.78 is 0. The lowest BCUT2D eigenvalue weighted by Crippen LogP contribution is -2.11. The SMILES string of the molecule is C=CCSCC1(CC(=O)O)CC1. The van der Waals surface area contributed by atoms with E-state index in [2.05, 4.69) is 6.58 Å². The van der Waals surface area contributed by atoms with Crippen LogP contribution >= 0.6 is 11.8 Å². The van der Waals surface area contributed by atoms with E-state index in [1.54, 1.807) is 11.8 Å². The van der Waals surface area contributed by atoms with Crippen molar-refractivity contribution in [1.29, 1.82) is 0 Å². The third-order valence-electron chi connectivity index (χ3n) is 2.13. The Morgan fingerprint density at radius 2 is 2.33 bits per heavy atom. The van der Waals surface area contributed by atoms with Crippen LogP contribution in [-0.2, 0) is 4.79 Å². The van der Waals surface area contributed by atoms with E-state index >= 15 is 0 Å². The third kappa shape index (κ3) is 2.89. The lowest BCUT2D eigenvalue weighted by molar-refractivity contribution is -0.138. The highest BCUT2D eigenvalue weighted by atomic mass is 32.2. The van der Waals surface area contributed by atoms with Crippen LogP contribution in [-0.4, -0.2) is 22.6 Å². The van der Waals surface area contributed by atoms with E-state index in [0.717, 1.165) is 24.3 Å². The molecule has 1 fully saturated rings. The predicted molar refractivity (Wildman–Crippen MR) is 51.4 cm³/mol. The van der Waals surface area contributed by atoms with E-state index in [9.17, 15) is 4.79 Å². The summed E-state index contributed by atoms with van der Waals surface area (Å²) in [7, 11) is 0. The molecule has 1 N–H and O–H groups in total. The van der Waals surface area contributed by atoms with E-state index in [4.69, 9.17) is 5.11 Å². The van der Waals surface area contributed by atoms with Gasteiger partial charge < -0.3 is 5.11 Å². The fourth-order valence-electron chi connectivity index (χ4n) is 1.23. The lowest BCUT2D eigenvalue weighted by atomic mass is 10.1. The van der Waals surface area contributed by atoms with Crippen LogP contribution in [0, 0.1) is 5.41 Å². The Hall–Kier alpha value is -0.440. The van der Waals surface area contributed by atoms with Crippen LogP contribution in [0.5, 0.6) is 0 Å². The maximum atomic E-state index is 10.5. The Morgan fingerprint density at radius 1 is 1.67 bits per heavy atom. The summed E-state index contributed by atoms with van der Waals surface area (Å²) in [4.78, 5) is 10.5. The van der Waals surface area contributed by atoms with Crippen LogP contribution in [0.1, 0.15) is 19.3 Å². The zero-order valence-corrected chi connectivity index (χ0v) is 7.90. The minimum atomic E-state index is -0.660. The van der Waals surface area contributed by atoms with E-state index in [-0.39, 0.29) is 5.41 Å². The van der Waals surface area contributed by atoms with Crippen molar-refractivity contribution < 1.29 is 9.90 Å².